The van der Waals surface area contributed by atoms with Crippen molar-refractivity contribution in [3.63, 3.8) is 0 Å². The van der Waals surface area contributed by atoms with Crippen LogP contribution in [0.1, 0.15) is 24.0 Å². The van der Waals surface area contributed by atoms with Crippen molar-refractivity contribution in [1.82, 2.24) is 0 Å². The van der Waals surface area contributed by atoms with Crippen molar-refractivity contribution in [3.05, 3.63) is 35.4 Å². The van der Waals surface area contributed by atoms with E-state index in [0.29, 0.717) is 19.6 Å². The molecule has 0 fully saturated rings. The summed E-state index contributed by atoms with van der Waals surface area (Å²) in [5.41, 5.74) is 8.45. The van der Waals surface area contributed by atoms with Gasteiger partial charge < -0.3 is 15.6 Å². The number of ether oxygens (including phenoxy) is 1. The molecule has 3 heteroatoms. The summed E-state index contributed by atoms with van der Waals surface area (Å²) >= 11 is 0. The van der Waals surface area contributed by atoms with Gasteiger partial charge in [0.2, 0.25) is 0 Å². The summed E-state index contributed by atoms with van der Waals surface area (Å²) in [5.74, 6) is 0. The topological polar surface area (TPSA) is 55.5 Å². The predicted octanol–water partition coefficient (Wildman–Crippen LogP) is 1.27. The van der Waals surface area contributed by atoms with Crippen molar-refractivity contribution in [2.75, 3.05) is 19.8 Å². The molecule has 0 heterocycles. The molecule has 0 amide bonds. The molecular weight excluding hydrogens is 214 g/mol. The lowest BCUT2D eigenvalue weighted by Crippen LogP contribution is -2.46. The first kappa shape index (κ1) is 12.6. The number of hydrogen-bond acceptors (Lipinski definition) is 3. The Morgan fingerprint density at radius 2 is 2.06 bits per heavy atom. The van der Waals surface area contributed by atoms with E-state index in [1.807, 2.05) is 0 Å². The maximum absolute atomic E-state index is 8.80. The molecule has 1 aliphatic carbocycles. The normalized spacial score (nSPS) is 23.4. The van der Waals surface area contributed by atoms with Crippen LogP contribution in [0.5, 0.6) is 0 Å². The minimum absolute atomic E-state index is 0.178. The molecule has 1 aromatic carbocycles. The van der Waals surface area contributed by atoms with Crippen LogP contribution < -0.4 is 5.73 Å². The summed E-state index contributed by atoms with van der Waals surface area (Å²) in [6, 6.07) is 8.50. The molecule has 0 spiro atoms. The lowest BCUT2D eigenvalue weighted by Gasteiger charge is -2.37. The molecule has 3 nitrogen and oxygen atoms in total. The molecule has 0 saturated heterocycles. The van der Waals surface area contributed by atoms with E-state index in [1.54, 1.807) is 0 Å². The van der Waals surface area contributed by atoms with E-state index in [2.05, 4.69) is 24.3 Å². The van der Waals surface area contributed by atoms with Gasteiger partial charge in [-0.25, -0.2) is 0 Å². The molecule has 1 aromatic rings. The monoisotopic (exact) mass is 235 g/mol. The summed E-state index contributed by atoms with van der Waals surface area (Å²) in [4.78, 5) is 0. The van der Waals surface area contributed by atoms with E-state index < -0.39 is 0 Å². The van der Waals surface area contributed by atoms with Crippen LogP contribution in [0.15, 0.2) is 24.3 Å². The maximum atomic E-state index is 8.80. The number of rotatable bonds is 5. The third kappa shape index (κ3) is 2.86. The Bertz CT molecular complexity index is 367. The number of aliphatic hydroxyl groups excluding tert-OH is 1. The molecular formula is C14H21NO2. The molecule has 17 heavy (non-hydrogen) atoms. The Hall–Kier alpha value is -0.900. The number of aliphatic hydroxyl groups is 1. The van der Waals surface area contributed by atoms with Gasteiger partial charge in [-0.15, -0.1) is 0 Å². The zero-order valence-corrected chi connectivity index (χ0v) is 10.2. The van der Waals surface area contributed by atoms with Crippen molar-refractivity contribution in [1.29, 1.82) is 0 Å². The molecule has 1 aliphatic rings. The number of aryl methyl sites for hydroxylation is 1. The Morgan fingerprint density at radius 1 is 1.29 bits per heavy atom. The van der Waals surface area contributed by atoms with E-state index in [9.17, 15) is 0 Å². The third-order valence-corrected chi connectivity index (χ3v) is 3.56. The summed E-state index contributed by atoms with van der Waals surface area (Å²) in [5, 5.41) is 8.80. The lowest BCUT2D eigenvalue weighted by atomic mass is 9.80. The largest absolute Gasteiger partial charge is 0.396 e. The van der Waals surface area contributed by atoms with Gasteiger partial charge in [-0.2, -0.15) is 0 Å². The van der Waals surface area contributed by atoms with Crippen molar-refractivity contribution in [3.8, 4) is 0 Å². The molecule has 0 bridgehead atoms. The number of fused-ring (bicyclic) bond motifs is 1. The van der Waals surface area contributed by atoms with Gasteiger partial charge >= 0.3 is 0 Å². The van der Waals surface area contributed by atoms with Crippen molar-refractivity contribution in [2.45, 2.75) is 31.3 Å². The summed E-state index contributed by atoms with van der Waals surface area (Å²) in [6.45, 7) is 1.32. The van der Waals surface area contributed by atoms with Crippen molar-refractivity contribution >= 4 is 0 Å². The molecule has 0 aromatic heterocycles. The van der Waals surface area contributed by atoms with Gasteiger partial charge in [-0.05, 0) is 30.4 Å². The van der Waals surface area contributed by atoms with Gasteiger partial charge in [0, 0.05) is 26.2 Å². The van der Waals surface area contributed by atoms with Crippen LogP contribution >= 0.6 is 0 Å². The Labute approximate surface area is 103 Å². The van der Waals surface area contributed by atoms with Gasteiger partial charge in [0.25, 0.3) is 0 Å². The highest BCUT2D eigenvalue weighted by atomic mass is 16.5. The molecule has 94 valence electrons. The van der Waals surface area contributed by atoms with E-state index in [4.69, 9.17) is 15.6 Å². The van der Waals surface area contributed by atoms with E-state index >= 15 is 0 Å². The minimum Gasteiger partial charge on any atom is -0.396 e. The van der Waals surface area contributed by atoms with Gasteiger partial charge in [-0.3, -0.25) is 0 Å². The van der Waals surface area contributed by atoms with Crippen molar-refractivity contribution in [2.24, 2.45) is 5.73 Å². The van der Waals surface area contributed by atoms with Crippen LogP contribution in [0.25, 0.3) is 0 Å². The van der Waals surface area contributed by atoms with E-state index in [1.165, 1.54) is 11.1 Å². The molecule has 3 N–H and O–H groups in total. The highest BCUT2D eigenvalue weighted by Crippen LogP contribution is 2.30. The second-order valence-corrected chi connectivity index (χ2v) is 4.76. The lowest BCUT2D eigenvalue weighted by molar-refractivity contribution is -0.0521. The predicted molar refractivity (Wildman–Crippen MR) is 67.9 cm³/mol. The number of hydrogen-bond donors (Lipinski definition) is 2. The van der Waals surface area contributed by atoms with Crippen LogP contribution in [-0.4, -0.2) is 30.5 Å². The smallest absolute Gasteiger partial charge is 0.0847 e. The zero-order chi connectivity index (χ0) is 12.1. The summed E-state index contributed by atoms with van der Waals surface area (Å²) in [7, 11) is 0. The van der Waals surface area contributed by atoms with Gasteiger partial charge in [-0.1, -0.05) is 24.3 Å². The van der Waals surface area contributed by atoms with E-state index in [0.717, 1.165) is 19.3 Å². The first-order chi connectivity index (χ1) is 8.29. The fourth-order valence-corrected chi connectivity index (χ4v) is 2.48. The first-order valence-electron chi connectivity index (χ1n) is 6.31. The fraction of sp³-hybridized carbons (Fsp3) is 0.571. The number of nitrogens with two attached hydrogens (primary N) is 1. The van der Waals surface area contributed by atoms with Crippen LogP contribution in [-0.2, 0) is 17.6 Å². The Balaban J connectivity index is 2.06. The standard InChI is InChI=1S/C14H21NO2/c15-11-14(17-9-3-8-16)7-6-12-4-1-2-5-13(12)10-14/h1-2,4-5,16H,3,6-11,15H2. The van der Waals surface area contributed by atoms with Crippen LogP contribution in [0.4, 0.5) is 0 Å². The molecule has 0 radical (unpaired) electrons. The highest BCUT2D eigenvalue weighted by molar-refractivity contribution is 5.31. The molecule has 1 atom stereocenters. The highest BCUT2D eigenvalue weighted by Gasteiger charge is 2.33. The second kappa shape index (κ2) is 5.63. The van der Waals surface area contributed by atoms with Crippen LogP contribution in [0.3, 0.4) is 0 Å². The summed E-state index contributed by atoms with van der Waals surface area (Å²) < 4.78 is 5.93. The fourth-order valence-electron chi connectivity index (χ4n) is 2.48. The first-order valence-corrected chi connectivity index (χ1v) is 6.31. The zero-order valence-electron chi connectivity index (χ0n) is 10.2. The van der Waals surface area contributed by atoms with Crippen LogP contribution in [0.2, 0.25) is 0 Å². The summed E-state index contributed by atoms with van der Waals surface area (Å²) in [6.07, 6.45) is 3.59. The maximum Gasteiger partial charge on any atom is 0.0847 e. The molecule has 1 unspecified atom stereocenters. The van der Waals surface area contributed by atoms with Gasteiger partial charge in [0.15, 0.2) is 0 Å². The quantitative estimate of drug-likeness (QED) is 0.756. The second-order valence-electron chi connectivity index (χ2n) is 4.76. The Kier molecular flexibility index (Phi) is 4.15. The molecule has 0 saturated carbocycles. The minimum atomic E-state index is -0.219. The average molecular weight is 235 g/mol. The van der Waals surface area contributed by atoms with E-state index in [-0.39, 0.29) is 12.2 Å². The van der Waals surface area contributed by atoms with Gasteiger partial charge in [0.1, 0.15) is 0 Å². The number of benzene rings is 1. The molecule has 0 aliphatic heterocycles. The van der Waals surface area contributed by atoms with Crippen LogP contribution in [0, 0.1) is 0 Å². The Morgan fingerprint density at radius 3 is 2.76 bits per heavy atom. The molecule has 2 rings (SSSR count). The van der Waals surface area contributed by atoms with Gasteiger partial charge in [0.05, 0.1) is 5.60 Å². The third-order valence-electron chi connectivity index (χ3n) is 3.56. The average Bonchev–Trinajstić information content (AvgIpc) is 2.39. The van der Waals surface area contributed by atoms with Crippen molar-refractivity contribution < 1.29 is 9.84 Å². The SMILES string of the molecule is NCC1(OCCCO)CCc2ccccc2C1.